The van der Waals surface area contributed by atoms with Gasteiger partial charge in [0, 0.05) is 17.9 Å². The maximum Gasteiger partial charge on any atom is 0.299 e. The van der Waals surface area contributed by atoms with Crippen LogP contribution in [0.4, 0.5) is 17.1 Å². The lowest BCUT2D eigenvalue weighted by molar-refractivity contribution is -0.393. The zero-order chi connectivity index (χ0) is 14.4. The average Bonchev–Trinajstić information content (AvgIpc) is 2.36. The van der Waals surface area contributed by atoms with Gasteiger partial charge in [-0.25, -0.2) is 0 Å². The minimum absolute atomic E-state index is 0.0464. The van der Waals surface area contributed by atoms with Crippen molar-refractivity contribution in [2.75, 3.05) is 16.8 Å². The molecule has 1 atom stereocenters. The number of benzene rings is 1. The Bertz CT molecular complexity index is 481. The van der Waals surface area contributed by atoms with E-state index in [1.807, 2.05) is 13.8 Å². The molecule has 1 aromatic carbocycles. The molecule has 1 N–H and O–H groups in total. The van der Waals surface area contributed by atoms with Crippen molar-refractivity contribution < 1.29 is 9.85 Å². The first-order chi connectivity index (χ1) is 8.95. The Labute approximate surface area is 114 Å². The predicted octanol–water partition coefficient (Wildman–Crippen LogP) is 3.06. The molecule has 0 spiro atoms. The van der Waals surface area contributed by atoms with E-state index in [1.165, 1.54) is 12.1 Å². The first-order valence-corrected chi connectivity index (χ1v) is 6.88. The van der Waals surface area contributed by atoms with Gasteiger partial charge in [-0.2, -0.15) is 11.8 Å². The quantitative estimate of drug-likeness (QED) is 0.610. The molecule has 0 aliphatic carbocycles. The fourth-order valence-electron chi connectivity index (χ4n) is 1.51. The van der Waals surface area contributed by atoms with Crippen LogP contribution in [0.1, 0.15) is 13.8 Å². The molecule has 0 amide bonds. The molecule has 0 fully saturated rings. The fraction of sp³-hybridized carbons (Fsp3) is 0.455. The summed E-state index contributed by atoms with van der Waals surface area (Å²) in [5.41, 5.74) is -0.254. The van der Waals surface area contributed by atoms with Crippen molar-refractivity contribution in [3.05, 3.63) is 38.4 Å². The zero-order valence-electron chi connectivity index (χ0n) is 10.7. The van der Waals surface area contributed by atoms with Crippen LogP contribution in [0.3, 0.4) is 0 Å². The number of rotatable bonds is 7. The van der Waals surface area contributed by atoms with E-state index in [-0.39, 0.29) is 17.4 Å². The lowest BCUT2D eigenvalue weighted by Crippen LogP contribution is -2.18. The Kier molecular flexibility index (Phi) is 5.56. The number of nitro benzene ring substituents is 2. The zero-order valence-corrected chi connectivity index (χ0v) is 11.5. The third-order valence-corrected chi connectivity index (χ3v) is 3.51. The molecular formula is C11H15N3O4S. The maximum atomic E-state index is 10.9. The van der Waals surface area contributed by atoms with Gasteiger partial charge >= 0.3 is 0 Å². The number of hydrogen-bond acceptors (Lipinski definition) is 6. The van der Waals surface area contributed by atoms with Gasteiger partial charge < -0.3 is 5.32 Å². The Morgan fingerprint density at radius 1 is 1.32 bits per heavy atom. The molecule has 0 heterocycles. The Balaban J connectivity index is 2.94. The second kappa shape index (κ2) is 6.93. The molecule has 104 valence electrons. The second-order valence-electron chi connectivity index (χ2n) is 3.92. The topological polar surface area (TPSA) is 98.3 Å². The summed E-state index contributed by atoms with van der Waals surface area (Å²) in [6.07, 6.45) is 0. The summed E-state index contributed by atoms with van der Waals surface area (Å²) < 4.78 is 0. The van der Waals surface area contributed by atoms with E-state index in [2.05, 4.69) is 5.32 Å². The molecule has 1 unspecified atom stereocenters. The highest BCUT2D eigenvalue weighted by Crippen LogP contribution is 2.29. The van der Waals surface area contributed by atoms with Crippen molar-refractivity contribution in [1.82, 2.24) is 0 Å². The number of anilines is 1. The van der Waals surface area contributed by atoms with Crippen molar-refractivity contribution in [2.24, 2.45) is 0 Å². The van der Waals surface area contributed by atoms with E-state index in [0.717, 1.165) is 17.6 Å². The van der Waals surface area contributed by atoms with Crippen molar-refractivity contribution in [1.29, 1.82) is 0 Å². The number of non-ortho nitro benzene ring substituents is 1. The molecule has 1 aromatic rings. The predicted molar refractivity (Wildman–Crippen MR) is 75.8 cm³/mol. The summed E-state index contributed by atoms with van der Waals surface area (Å²) in [4.78, 5) is 20.3. The van der Waals surface area contributed by atoms with Gasteiger partial charge in [-0.15, -0.1) is 0 Å². The minimum atomic E-state index is -0.646. The number of hydrogen-bond donors (Lipinski definition) is 1. The molecule has 7 nitrogen and oxygen atoms in total. The molecule has 1 rings (SSSR count). The first-order valence-electron chi connectivity index (χ1n) is 5.72. The Hall–Kier alpha value is -1.83. The van der Waals surface area contributed by atoms with Crippen molar-refractivity contribution in [2.45, 2.75) is 19.9 Å². The van der Waals surface area contributed by atoms with Crippen LogP contribution in [0.15, 0.2) is 18.2 Å². The third-order valence-electron chi connectivity index (χ3n) is 2.36. The Morgan fingerprint density at radius 2 is 2.00 bits per heavy atom. The average molecular weight is 285 g/mol. The van der Waals surface area contributed by atoms with Gasteiger partial charge in [0.1, 0.15) is 5.69 Å². The van der Waals surface area contributed by atoms with Gasteiger partial charge in [0.2, 0.25) is 0 Å². The van der Waals surface area contributed by atoms with Crippen molar-refractivity contribution >= 4 is 28.8 Å². The lowest BCUT2D eigenvalue weighted by Gasteiger charge is -2.14. The largest absolute Gasteiger partial charge is 0.376 e. The summed E-state index contributed by atoms with van der Waals surface area (Å²) in [5.74, 6) is 1.78. The summed E-state index contributed by atoms with van der Waals surface area (Å²) in [7, 11) is 0. The van der Waals surface area contributed by atoms with Crippen molar-refractivity contribution in [3.8, 4) is 0 Å². The highest BCUT2D eigenvalue weighted by molar-refractivity contribution is 7.99. The smallest absolute Gasteiger partial charge is 0.299 e. The molecular weight excluding hydrogens is 270 g/mol. The normalized spacial score (nSPS) is 11.9. The van der Waals surface area contributed by atoms with Crippen LogP contribution in [0, 0.1) is 20.2 Å². The van der Waals surface area contributed by atoms with Crippen LogP contribution in [0.2, 0.25) is 0 Å². The van der Waals surface area contributed by atoms with Crippen LogP contribution in [0.25, 0.3) is 0 Å². The maximum absolute atomic E-state index is 10.9. The number of nitrogens with zero attached hydrogens (tertiary/aromatic N) is 2. The number of nitro groups is 2. The van der Waals surface area contributed by atoms with Gasteiger partial charge in [0.05, 0.1) is 15.9 Å². The highest BCUT2D eigenvalue weighted by Gasteiger charge is 2.20. The summed E-state index contributed by atoms with van der Waals surface area (Å²) in [6.45, 7) is 3.94. The van der Waals surface area contributed by atoms with E-state index in [9.17, 15) is 20.2 Å². The molecule has 19 heavy (non-hydrogen) atoms. The monoisotopic (exact) mass is 285 g/mol. The van der Waals surface area contributed by atoms with Crippen LogP contribution in [0.5, 0.6) is 0 Å². The molecule has 0 saturated carbocycles. The SMILES string of the molecule is CCSCC(C)Nc1ccc([N+](=O)[O-])cc1[N+](=O)[O-]. The summed E-state index contributed by atoms with van der Waals surface area (Å²) in [6, 6.07) is 3.66. The van der Waals surface area contributed by atoms with Crippen LogP contribution < -0.4 is 5.32 Å². The van der Waals surface area contributed by atoms with E-state index in [4.69, 9.17) is 0 Å². The van der Waals surface area contributed by atoms with Crippen molar-refractivity contribution in [3.63, 3.8) is 0 Å². The lowest BCUT2D eigenvalue weighted by atomic mass is 10.2. The van der Waals surface area contributed by atoms with Gasteiger partial charge in [-0.1, -0.05) is 6.92 Å². The highest BCUT2D eigenvalue weighted by atomic mass is 32.2. The van der Waals surface area contributed by atoms with Gasteiger partial charge in [0.15, 0.2) is 0 Å². The second-order valence-corrected chi connectivity index (χ2v) is 5.24. The molecule has 0 bridgehead atoms. The first kappa shape index (κ1) is 15.2. The van der Waals surface area contributed by atoms with E-state index >= 15 is 0 Å². The molecule has 0 aliphatic heterocycles. The fourth-order valence-corrected chi connectivity index (χ4v) is 2.18. The van der Waals surface area contributed by atoms with Gasteiger partial charge in [0.25, 0.3) is 11.4 Å². The standard InChI is InChI=1S/C11H15N3O4S/c1-3-19-7-8(2)12-10-5-4-9(13(15)16)6-11(10)14(17)18/h4-6,8,12H,3,7H2,1-2H3. The van der Waals surface area contributed by atoms with Gasteiger partial charge in [-0.05, 0) is 18.7 Å². The molecule has 0 radical (unpaired) electrons. The van der Waals surface area contributed by atoms with Crippen LogP contribution in [-0.4, -0.2) is 27.4 Å². The number of nitrogens with one attached hydrogen (secondary N) is 1. The third kappa shape index (κ3) is 4.40. The van der Waals surface area contributed by atoms with E-state index in [0.29, 0.717) is 5.69 Å². The molecule has 0 aliphatic rings. The minimum Gasteiger partial charge on any atom is -0.376 e. The van der Waals surface area contributed by atoms with Crippen LogP contribution >= 0.6 is 11.8 Å². The number of thioether (sulfide) groups is 1. The van der Waals surface area contributed by atoms with E-state index < -0.39 is 9.85 Å². The molecule has 8 heteroatoms. The Morgan fingerprint density at radius 3 is 2.53 bits per heavy atom. The molecule has 0 aromatic heterocycles. The summed E-state index contributed by atoms with van der Waals surface area (Å²) in [5, 5.41) is 24.5. The summed E-state index contributed by atoms with van der Waals surface area (Å²) >= 11 is 1.72. The van der Waals surface area contributed by atoms with Crippen LogP contribution in [-0.2, 0) is 0 Å². The van der Waals surface area contributed by atoms with Gasteiger partial charge in [-0.3, -0.25) is 20.2 Å². The molecule has 0 saturated heterocycles. The van der Waals surface area contributed by atoms with E-state index in [1.54, 1.807) is 11.8 Å².